The lowest BCUT2D eigenvalue weighted by molar-refractivity contribution is 0.141. The van der Waals surface area contributed by atoms with Crippen LogP contribution in [0.5, 0.6) is 0 Å². The van der Waals surface area contributed by atoms with Crippen molar-refractivity contribution in [2.75, 3.05) is 19.6 Å². The van der Waals surface area contributed by atoms with E-state index < -0.39 is 0 Å². The molecule has 0 spiro atoms. The normalized spacial score (nSPS) is 25.9. The number of hydrogen-bond acceptors (Lipinski definition) is 2. The molecule has 18 heavy (non-hydrogen) atoms. The van der Waals surface area contributed by atoms with Crippen LogP contribution >= 0.6 is 0 Å². The van der Waals surface area contributed by atoms with Crippen molar-refractivity contribution in [3.05, 3.63) is 35.4 Å². The Morgan fingerprint density at radius 1 is 1.17 bits per heavy atom. The van der Waals surface area contributed by atoms with Crippen LogP contribution in [-0.4, -0.2) is 30.6 Å². The number of hydrogen-bond donors (Lipinski definition) is 1. The summed E-state index contributed by atoms with van der Waals surface area (Å²) in [7, 11) is 0. The highest BCUT2D eigenvalue weighted by atomic mass is 15.2. The van der Waals surface area contributed by atoms with Crippen LogP contribution in [0.3, 0.4) is 0 Å². The first-order valence-electron chi connectivity index (χ1n) is 7.34. The Hall–Kier alpha value is -0.860. The molecule has 3 rings (SSSR count). The average molecular weight is 244 g/mol. The molecule has 1 saturated heterocycles. The van der Waals surface area contributed by atoms with Crippen LogP contribution in [0.1, 0.15) is 30.9 Å². The summed E-state index contributed by atoms with van der Waals surface area (Å²) in [5.74, 6) is 0.902. The van der Waals surface area contributed by atoms with Crippen molar-refractivity contribution in [1.29, 1.82) is 0 Å². The van der Waals surface area contributed by atoms with E-state index in [-0.39, 0.29) is 0 Å². The topological polar surface area (TPSA) is 15.3 Å². The molecule has 0 amide bonds. The van der Waals surface area contributed by atoms with E-state index in [1.807, 2.05) is 0 Å². The predicted octanol–water partition coefficient (Wildman–Crippen LogP) is 2.43. The van der Waals surface area contributed by atoms with Gasteiger partial charge >= 0.3 is 0 Å². The maximum atomic E-state index is 3.46. The molecule has 0 radical (unpaired) electrons. The average Bonchev–Trinajstić information content (AvgIpc) is 2.41. The molecule has 0 bridgehead atoms. The van der Waals surface area contributed by atoms with Gasteiger partial charge in [0.15, 0.2) is 0 Å². The van der Waals surface area contributed by atoms with Gasteiger partial charge in [0, 0.05) is 19.1 Å². The van der Waals surface area contributed by atoms with E-state index >= 15 is 0 Å². The van der Waals surface area contributed by atoms with Gasteiger partial charge in [-0.05, 0) is 56.3 Å². The van der Waals surface area contributed by atoms with Gasteiger partial charge in [-0.15, -0.1) is 0 Å². The van der Waals surface area contributed by atoms with E-state index in [0.29, 0.717) is 6.04 Å². The van der Waals surface area contributed by atoms with E-state index in [1.54, 1.807) is 11.1 Å². The Balaban J connectivity index is 1.66. The minimum Gasteiger partial charge on any atom is -0.317 e. The second-order valence-electron chi connectivity index (χ2n) is 5.94. The fourth-order valence-corrected chi connectivity index (χ4v) is 3.37. The summed E-state index contributed by atoms with van der Waals surface area (Å²) >= 11 is 0. The van der Waals surface area contributed by atoms with Crippen molar-refractivity contribution in [1.82, 2.24) is 10.2 Å². The van der Waals surface area contributed by atoms with E-state index in [2.05, 4.69) is 41.4 Å². The van der Waals surface area contributed by atoms with Crippen LogP contribution in [-0.2, 0) is 13.0 Å². The fourth-order valence-electron chi connectivity index (χ4n) is 3.37. The number of nitrogens with one attached hydrogen (secondary N) is 1. The molecule has 1 N–H and O–H groups in total. The summed E-state index contributed by atoms with van der Waals surface area (Å²) in [6, 6.07) is 9.66. The number of nitrogens with zero attached hydrogens (tertiary/aromatic N) is 1. The second kappa shape index (κ2) is 5.41. The van der Waals surface area contributed by atoms with E-state index in [4.69, 9.17) is 0 Å². The molecule has 0 aromatic heterocycles. The summed E-state index contributed by atoms with van der Waals surface area (Å²) in [6.07, 6.45) is 3.93. The van der Waals surface area contributed by atoms with Crippen LogP contribution in [0.4, 0.5) is 0 Å². The molecule has 0 aliphatic carbocycles. The monoisotopic (exact) mass is 244 g/mol. The molecular formula is C16H24N2. The highest BCUT2D eigenvalue weighted by Crippen LogP contribution is 2.25. The minimum atomic E-state index is 0.704. The third kappa shape index (κ3) is 2.60. The highest BCUT2D eigenvalue weighted by Gasteiger charge is 2.25. The van der Waals surface area contributed by atoms with Crippen LogP contribution < -0.4 is 5.32 Å². The lowest BCUT2D eigenvalue weighted by Crippen LogP contribution is -2.43. The molecule has 2 nitrogen and oxygen atoms in total. The number of benzene rings is 1. The summed E-state index contributed by atoms with van der Waals surface area (Å²) < 4.78 is 0. The van der Waals surface area contributed by atoms with Gasteiger partial charge in [0.1, 0.15) is 0 Å². The summed E-state index contributed by atoms with van der Waals surface area (Å²) in [6.45, 7) is 7.25. The standard InChI is InChI=1S/C16H24N2/c1-13-10-15-4-2-3-5-16(15)12-18(13)11-14-6-8-17-9-7-14/h2-5,13-14,17H,6-12H2,1H3. The fraction of sp³-hybridized carbons (Fsp3) is 0.625. The Kier molecular flexibility index (Phi) is 3.67. The zero-order valence-corrected chi connectivity index (χ0v) is 11.4. The van der Waals surface area contributed by atoms with E-state index in [0.717, 1.165) is 12.5 Å². The molecule has 1 aromatic rings. The quantitative estimate of drug-likeness (QED) is 0.859. The van der Waals surface area contributed by atoms with E-state index in [1.165, 1.54) is 38.9 Å². The predicted molar refractivity (Wildman–Crippen MR) is 75.6 cm³/mol. The molecule has 1 aromatic carbocycles. The molecule has 1 atom stereocenters. The maximum absolute atomic E-state index is 3.46. The van der Waals surface area contributed by atoms with Crippen LogP contribution in [0.2, 0.25) is 0 Å². The van der Waals surface area contributed by atoms with Gasteiger partial charge in [0.2, 0.25) is 0 Å². The summed E-state index contributed by atoms with van der Waals surface area (Å²) in [5.41, 5.74) is 3.11. The molecule has 2 aliphatic rings. The van der Waals surface area contributed by atoms with Crippen LogP contribution in [0.15, 0.2) is 24.3 Å². The van der Waals surface area contributed by atoms with Crippen molar-refractivity contribution in [2.24, 2.45) is 5.92 Å². The SMILES string of the molecule is CC1Cc2ccccc2CN1CC1CCNCC1. The lowest BCUT2D eigenvalue weighted by Gasteiger charge is -2.38. The largest absolute Gasteiger partial charge is 0.317 e. The van der Waals surface area contributed by atoms with E-state index in [9.17, 15) is 0 Å². The van der Waals surface area contributed by atoms with Gasteiger partial charge in [-0.3, -0.25) is 4.90 Å². The first-order valence-corrected chi connectivity index (χ1v) is 7.34. The van der Waals surface area contributed by atoms with Crippen molar-refractivity contribution >= 4 is 0 Å². The van der Waals surface area contributed by atoms with Crippen molar-refractivity contribution in [3.8, 4) is 0 Å². The molecule has 1 unspecified atom stereocenters. The van der Waals surface area contributed by atoms with Gasteiger partial charge in [0.25, 0.3) is 0 Å². The summed E-state index contributed by atoms with van der Waals surface area (Å²) in [4.78, 5) is 2.69. The van der Waals surface area contributed by atoms with Crippen LogP contribution in [0, 0.1) is 5.92 Å². The Labute approximate surface area is 110 Å². The molecule has 2 heteroatoms. The number of fused-ring (bicyclic) bond motifs is 1. The Morgan fingerprint density at radius 3 is 2.67 bits per heavy atom. The van der Waals surface area contributed by atoms with Crippen molar-refractivity contribution < 1.29 is 0 Å². The molecule has 2 aliphatic heterocycles. The smallest absolute Gasteiger partial charge is 0.0239 e. The van der Waals surface area contributed by atoms with Gasteiger partial charge in [-0.25, -0.2) is 0 Å². The third-order valence-corrected chi connectivity index (χ3v) is 4.58. The van der Waals surface area contributed by atoms with Gasteiger partial charge in [-0.2, -0.15) is 0 Å². The van der Waals surface area contributed by atoms with Gasteiger partial charge in [-0.1, -0.05) is 24.3 Å². The molecular weight excluding hydrogens is 220 g/mol. The van der Waals surface area contributed by atoms with Crippen molar-refractivity contribution in [3.63, 3.8) is 0 Å². The first-order chi connectivity index (χ1) is 8.83. The van der Waals surface area contributed by atoms with Gasteiger partial charge in [0.05, 0.1) is 0 Å². The Morgan fingerprint density at radius 2 is 1.89 bits per heavy atom. The number of piperidine rings is 1. The zero-order valence-electron chi connectivity index (χ0n) is 11.4. The van der Waals surface area contributed by atoms with Crippen molar-refractivity contribution in [2.45, 2.75) is 38.8 Å². The molecule has 1 fully saturated rings. The first kappa shape index (κ1) is 12.2. The maximum Gasteiger partial charge on any atom is 0.0239 e. The highest BCUT2D eigenvalue weighted by molar-refractivity contribution is 5.29. The molecule has 0 saturated carbocycles. The number of rotatable bonds is 2. The third-order valence-electron chi connectivity index (χ3n) is 4.58. The summed E-state index contributed by atoms with van der Waals surface area (Å²) in [5, 5.41) is 3.46. The Bertz CT molecular complexity index is 396. The minimum absolute atomic E-state index is 0.704. The zero-order chi connectivity index (χ0) is 12.4. The molecule has 2 heterocycles. The second-order valence-corrected chi connectivity index (χ2v) is 5.94. The van der Waals surface area contributed by atoms with Gasteiger partial charge < -0.3 is 5.32 Å². The lowest BCUT2D eigenvalue weighted by atomic mass is 9.91. The molecule has 98 valence electrons. The van der Waals surface area contributed by atoms with Crippen LogP contribution in [0.25, 0.3) is 0 Å².